The Kier molecular flexibility index (Phi) is 5.65. The number of nitrogens with zero attached hydrogens (tertiary/aromatic N) is 4. The van der Waals surface area contributed by atoms with Gasteiger partial charge in [-0.25, -0.2) is 4.98 Å². The van der Waals surface area contributed by atoms with Gasteiger partial charge in [0.2, 0.25) is 5.95 Å². The minimum atomic E-state index is 0.669. The van der Waals surface area contributed by atoms with Gasteiger partial charge in [-0.3, -0.25) is 0 Å². The third-order valence-electron chi connectivity index (χ3n) is 5.38. The molecular weight excluding hydrogens is 358 g/mol. The van der Waals surface area contributed by atoms with Crippen LogP contribution in [0.25, 0.3) is 11.3 Å². The minimum Gasteiger partial charge on any atom is -0.378 e. The Morgan fingerprint density at radius 1 is 1.00 bits per heavy atom. The zero-order valence-electron chi connectivity index (χ0n) is 17.5. The Labute approximate surface area is 173 Å². The number of nitrogens with one attached hydrogen (secondary N) is 1. The number of rotatable bonds is 5. The van der Waals surface area contributed by atoms with Gasteiger partial charge >= 0.3 is 0 Å². The van der Waals surface area contributed by atoms with Gasteiger partial charge in [0.15, 0.2) is 0 Å². The van der Waals surface area contributed by atoms with Gasteiger partial charge in [-0.2, -0.15) is 4.98 Å². The summed E-state index contributed by atoms with van der Waals surface area (Å²) in [6, 6.07) is 20.7. The van der Waals surface area contributed by atoms with Crippen LogP contribution in [0.1, 0.15) is 19.8 Å². The number of anilines is 4. The molecule has 1 aromatic heterocycles. The summed E-state index contributed by atoms with van der Waals surface area (Å²) >= 11 is 0. The van der Waals surface area contributed by atoms with Gasteiger partial charge in [0, 0.05) is 50.2 Å². The van der Waals surface area contributed by atoms with E-state index in [1.165, 1.54) is 18.5 Å². The summed E-state index contributed by atoms with van der Waals surface area (Å²) in [5.74, 6) is 2.30. The predicted molar refractivity (Wildman–Crippen MR) is 122 cm³/mol. The van der Waals surface area contributed by atoms with Gasteiger partial charge in [-0.15, -0.1) is 0 Å². The number of hydrogen-bond donors (Lipinski definition) is 1. The number of piperidine rings is 1. The standard InChI is InChI=1S/C24H29N5/c1-18-8-7-15-29(17-18)24-26-22(19-9-5-4-6-10-19)16-23(27-24)25-20-11-13-21(14-12-20)28(2)3/h4-6,9-14,16,18H,7-8,15,17H2,1-3H3,(H,25,26,27). The van der Waals surface area contributed by atoms with Gasteiger partial charge in [0.05, 0.1) is 5.69 Å². The van der Waals surface area contributed by atoms with Crippen molar-refractivity contribution in [2.75, 3.05) is 42.3 Å². The van der Waals surface area contributed by atoms with Gasteiger partial charge < -0.3 is 15.1 Å². The largest absolute Gasteiger partial charge is 0.378 e. The van der Waals surface area contributed by atoms with Gasteiger partial charge in [-0.1, -0.05) is 37.3 Å². The van der Waals surface area contributed by atoms with Crippen molar-refractivity contribution in [1.29, 1.82) is 0 Å². The monoisotopic (exact) mass is 387 g/mol. The first-order valence-corrected chi connectivity index (χ1v) is 10.3. The molecule has 0 aliphatic carbocycles. The first-order chi connectivity index (χ1) is 14.1. The van der Waals surface area contributed by atoms with Crippen LogP contribution in [-0.2, 0) is 0 Å². The molecule has 0 amide bonds. The molecule has 1 fully saturated rings. The lowest BCUT2D eigenvalue weighted by Crippen LogP contribution is -2.35. The second-order valence-corrected chi connectivity index (χ2v) is 8.06. The Bertz CT molecular complexity index is 937. The van der Waals surface area contributed by atoms with Gasteiger partial charge in [-0.05, 0) is 43.0 Å². The quantitative estimate of drug-likeness (QED) is 0.653. The maximum atomic E-state index is 4.91. The molecule has 1 unspecified atom stereocenters. The van der Waals surface area contributed by atoms with E-state index in [1.807, 2.05) is 38.4 Å². The molecule has 5 nitrogen and oxygen atoms in total. The highest BCUT2D eigenvalue weighted by Gasteiger charge is 2.20. The summed E-state index contributed by atoms with van der Waals surface area (Å²) in [4.78, 5) is 14.2. The van der Waals surface area contributed by atoms with E-state index >= 15 is 0 Å². The fourth-order valence-corrected chi connectivity index (χ4v) is 3.76. The molecule has 0 radical (unpaired) electrons. The molecule has 1 aliphatic heterocycles. The fourth-order valence-electron chi connectivity index (χ4n) is 3.76. The Morgan fingerprint density at radius 2 is 1.76 bits per heavy atom. The molecule has 0 bridgehead atoms. The molecule has 4 rings (SSSR count). The van der Waals surface area contributed by atoms with Crippen molar-refractivity contribution in [3.8, 4) is 11.3 Å². The van der Waals surface area contributed by atoms with Crippen LogP contribution in [-0.4, -0.2) is 37.2 Å². The summed E-state index contributed by atoms with van der Waals surface area (Å²) in [5, 5.41) is 3.47. The molecule has 29 heavy (non-hydrogen) atoms. The van der Waals surface area contributed by atoms with Crippen molar-refractivity contribution in [3.05, 3.63) is 60.7 Å². The summed E-state index contributed by atoms with van der Waals surface area (Å²) in [6.45, 7) is 4.33. The number of benzene rings is 2. The zero-order valence-corrected chi connectivity index (χ0v) is 17.5. The average Bonchev–Trinajstić information content (AvgIpc) is 2.74. The molecule has 1 N–H and O–H groups in total. The molecule has 2 heterocycles. The second-order valence-electron chi connectivity index (χ2n) is 8.06. The molecule has 2 aromatic carbocycles. The maximum Gasteiger partial charge on any atom is 0.227 e. The van der Waals surface area contributed by atoms with Crippen molar-refractivity contribution >= 4 is 23.1 Å². The molecular formula is C24H29N5. The van der Waals surface area contributed by atoms with Crippen LogP contribution in [0.4, 0.5) is 23.1 Å². The van der Waals surface area contributed by atoms with Crippen molar-refractivity contribution in [1.82, 2.24) is 9.97 Å². The lowest BCUT2D eigenvalue weighted by Gasteiger charge is -2.31. The first kappa shape index (κ1) is 19.2. The topological polar surface area (TPSA) is 44.3 Å². The molecule has 0 saturated carbocycles. The van der Waals surface area contributed by atoms with Crippen molar-refractivity contribution in [2.45, 2.75) is 19.8 Å². The van der Waals surface area contributed by atoms with E-state index in [0.29, 0.717) is 5.92 Å². The molecule has 5 heteroatoms. The summed E-state index contributed by atoms with van der Waals surface area (Å²) in [7, 11) is 4.09. The van der Waals surface area contributed by atoms with E-state index in [1.54, 1.807) is 0 Å². The van der Waals surface area contributed by atoms with E-state index in [0.717, 1.165) is 41.8 Å². The molecule has 1 saturated heterocycles. The Morgan fingerprint density at radius 3 is 2.45 bits per heavy atom. The van der Waals surface area contributed by atoms with E-state index in [4.69, 9.17) is 9.97 Å². The Hall–Kier alpha value is -3.08. The average molecular weight is 388 g/mol. The number of aromatic nitrogens is 2. The lowest BCUT2D eigenvalue weighted by molar-refractivity contribution is 0.442. The van der Waals surface area contributed by atoms with Crippen molar-refractivity contribution in [3.63, 3.8) is 0 Å². The van der Waals surface area contributed by atoms with Crippen LogP contribution in [0.3, 0.4) is 0 Å². The van der Waals surface area contributed by atoms with Gasteiger partial charge in [0.1, 0.15) is 5.82 Å². The molecule has 3 aromatic rings. The van der Waals surface area contributed by atoms with Crippen molar-refractivity contribution in [2.24, 2.45) is 5.92 Å². The summed E-state index contributed by atoms with van der Waals surface area (Å²) in [5.41, 5.74) is 4.24. The third-order valence-corrected chi connectivity index (χ3v) is 5.38. The van der Waals surface area contributed by atoms with Crippen LogP contribution in [0.5, 0.6) is 0 Å². The third kappa shape index (κ3) is 4.67. The minimum absolute atomic E-state index is 0.669. The van der Waals surface area contributed by atoms with Crippen LogP contribution in [0, 0.1) is 5.92 Å². The lowest BCUT2D eigenvalue weighted by atomic mass is 10.0. The normalized spacial score (nSPS) is 16.5. The molecule has 1 aliphatic rings. The van der Waals surface area contributed by atoms with Gasteiger partial charge in [0.25, 0.3) is 0 Å². The zero-order chi connectivity index (χ0) is 20.2. The first-order valence-electron chi connectivity index (χ1n) is 10.3. The summed E-state index contributed by atoms with van der Waals surface area (Å²) in [6.07, 6.45) is 2.47. The van der Waals surface area contributed by atoms with Crippen molar-refractivity contribution < 1.29 is 0 Å². The predicted octanol–water partition coefficient (Wildman–Crippen LogP) is 5.19. The SMILES string of the molecule is CC1CCCN(c2nc(Nc3ccc(N(C)C)cc3)cc(-c3ccccc3)n2)C1. The van der Waals surface area contributed by atoms with Crippen LogP contribution >= 0.6 is 0 Å². The molecule has 0 spiro atoms. The van der Waals surface area contributed by atoms with Crippen LogP contribution in [0.2, 0.25) is 0 Å². The summed E-state index contributed by atoms with van der Waals surface area (Å²) < 4.78 is 0. The molecule has 1 atom stereocenters. The smallest absolute Gasteiger partial charge is 0.227 e. The van der Waals surface area contributed by atoms with E-state index < -0.39 is 0 Å². The van der Waals surface area contributed by atoms with E-state index in [9.17, 15) is 0 Å². The van der Waals surface area contributed by atoms with E-state index in [2.05, 4.69) is 58.4 Å². The highest BCUT2D eigenvalue weighted by Crippen LogP contribution is 2.27. The van der Waals surface area contributed by atoms with E-state index in [-0.39, 0.29) is 0 Å². The number of hydrogen-bond acceptors (Lipinski definition) is 5. The fraction of sp³-hybridized carbons (Fsp3) is 0.333. The Balaban J connectivity index is 1.67. The highest BCUT2D eigenvalue weighted by atomic mass is 15.3. The van der Waals surface area contributed by atoms with Crippen LogP contribution in [0.15, 0.2) is 60.7 Å². The van der Waals surface area contributed by atoms with Crippen LogP contribution < -0.4 is 15.1 Å². The highest BCUT2D eigenvalue weighted by molar-refractivity contribution is 5.68. The maximum absolute atomic E-state index is 4.91. The second kappa shape index (κ2) is 8.52. The molecule has 150 valence electrons.